The van der Waals surface area contributed by atoms with Crippen LogP contribution < -0.4 is 10.2 Å². The first-order valence-corrected chi connectivity index (χ1v) is 7.91. The molecule has 0 radical (unpaired) electrons. The van der Waals surface area contributed by atoms with Gasteiger partial charge in [0.2, 0.25) is 11.8 Å². The summed E-state index contributed by atoms with van der Waals surface area (Å²) in [6.45, 7) is 0.689. The predicted molar refractivity (Wildman–Crippen MR) is 82.1 cm³/mol. The highest BCUT2D eigenvalue weighted by Crippen LogP contribution is 2.27. The third-order valence-corrected chi connectivity index (χ3v) is 4.47. The van der Waals surface area contributed by atoms with Crippen molar-refractivity contribution in [2.24, 2.45) is 0 Å². The number of hydrogen-bond donors (Lipinski definition) is 1. The van der Waals surface area contributed by atoms with Crippen molar-refractivity contribution in [3.63, 3.8) is 0 Å². The fourth-order valence-corrected chi connectivity index (χ4v) is 3.36. The van der Waals surface area contributed by atoms with Gasteiger partial charge in [-0.1, -0.05) is 37.5 Å². The summed E-state index contributed by atoms with van der Waals surface area (Å²) in [7, 11) is 0. The standard InChI is InChI=1S/C17H22N2O2/c20-16(18-14-7-2-1-3-8-14)12-17(21)19-11-10-13-6-4-5-9-15(13)19/h4-6,9,14H,1-3,7-8,10-12H2,(H,18,20). The molecule has 1 fully saturated rings. The molecule has 0 atom stereocenters. The number of hydrogen-bond acceptors (Lipinski definition) is 2. The lowest BCUT2D eigenvalue weighted by atomic mass is 9.95. The van der Waals surface area contributed by atoms with Crippen LogP contribution in [-0.4, -0.2) is 24.4 Å². The third-order valence-electron chi connectivity index (χ3n) is 4.47. The number of benzene rings is 1. The molecule has 0 saturated heterocycles. The lowest BCUT2D eigenvalue weighted by molar-refractivity contribution is -0.128. The Morgan fingerprint density at radius 2 is 1.90 bits per heavy atom. The van der Waals surface area contributed by atoms with Gasteiger partial charge >= 0.3 is 0 Å². The molecule has 1 heterocycles. The molecule has 2 amide bonds. The fourth-order valence-electron chi connectivity index (χ4n) is 3.36. The highest BCUT2D eigenvalue weighted by molar-refractivity contribution is 6.06. The molecule has 1 aliphatic carbocycles. The average molecular weight is 286 g/mol. The van der Waals surface area contributed by atoms with Gasteiger partial charge in [-0.05, 0) is 30.9 Å². The van der Waals surface area contributed by atoms with Crippen LogP contribution in [0.2, 0.25) is 0 Å². The summed E-state index contributed by atoms with van der Waals surface area (Å²) in [5.74, 6) is -0.218. The number of carbonyl (C=O) groups excluding carboxylic acids is 2. The van der Waals surface area contributed by atoms with Crippen molar-refractivity contribution in [3.8, 4) is 0 Å². The van der Waals surface area contributed by atoms with Crippen LogP contribution in [0.1, 0.15) is 44.1 Å². The van der Waals surface area contributed by atoms with E-state index in [0.29, 0.717) is 6.54 Å². The Kier molecular flexibility index (Phi) is 4.23. The first kappa shape index (κ1) is 14.1. The minimum atomic E-state index is -0.128. The van der Waals surface area contributed by atoms with Gasteiger partial charge in [0, 0.05) is 18.3 Å². The molecule has 1 saturated carbocycles. The molecule has 1 N–H and O–H groups in total. The zero-order valence-electron chi connectivity index (χ0n) is 12.3. The topological polar surface area (TPSA) is 49.4 Å². The quantitative estimate of drug-likeness (QED) is 0.868. The summed E-state index contributed by atoms with van der Waals surface area (Å²) in [6, 6.07) is 8.20. The number of fused-ring (bicyclic) bond motifs is 1. The van der Waals surface area contributed by atoms with Crippen LogP contribution >= 0.6 is 0 Å². The van der Waals surface area contributed by atoms with E-state index in [-0.39, 0.29) is 24.3 Å². The number of para-hydroxylation sites is 1. The Bertz CT molecular complexity index is 535. The van der Waals surface area contributed by atoms with Gasteiger partial charge in [-0.15, -0.1) is 0 Å². The van der Waals surface area contributed by atoms with Crippen molar-refractivity contribution in [2.75, 3.05) is 11.4 Å². The van der Waals surface area contributed by atoms with Crippen LogP contribution in [0.4, 0.5) is 5.69 Å². The second-order valence-electron chi connectivity index (χ2n) is 6.00. The first-order chi connectivity index (χ1) is 10.2. The van der Waals surface area contributed by atoms with Gasteiger partial charge in [-0.25, -0.2) is 0 Å². The summed E-state index contributed by atoms with van der Waals surface area (Å²) in [5, 5.41) is 3.01. The highest BCUT2D eigenvalue weighted by Gasteiger charge is 2.26. The van der Waals surface area contributed by atoms with Crippen molar-refractivity contribution < 1.29 is 9.59 Å². The van der Waals surface area contributed by atoms with Crippen molar-refractivity contribution >= 4 is 17.5 Å². The molecule has 0 aromatic heterocycles. The molecule has 4 heteroatoms. The van der Waals surface area contributed by atoms with E-state index in [2.05, 4.69) is 5.32 Å². The Morgan fingerprint density at radius 3 is 2.71 bits per heavy atom. The van der Waals surface area contributed by atoms with Crippen LogP contribution in [0, 0.1) is 0 Å². The number of nitrogens with zero attached hydrogens (tertiary/aromatic N) is 1. The Morgan fingerprint density at radius 1 is 1.14 bits per heavy atom. The summed E-state index contributed by atoms with van der Waals surface area (Å²) in [6.07, 6.45) is 6.56. The number of amides is 2. The molecule has 0 spiro atoms. The average Bonchev–Trinajstić information content (AvgIpc) is 2.92. The van der Waals surface area contributed by atoms with E-state index in [0.717, 1.165) is 24.9 Å². The van der Waals surface area contributed by atoms with Crippen LogP contribution in [0.25, 0.3) is 0 Å². The first-order valence-electron chi connectivity index (χ1n) is 7.91. The van der Waals surface area contributed by atoms with E-state index in [9.17, 15) is 9.59 Å². The van der Waals surface area contributed by atoms with Crippen LogP contribution in [-0.2, 0) is 16.0 Å². The highest BCUT2D eigenvalue weighted by atomic mass is 16.2. The van der Waals surface area contributed by atoms with E-state index < -0.39 is 0 Å². The van der Waals surface area contributed by atoms with Gasteiger partial charge in [0.05, 0.1) is 0 Å². The largest absolute Gasteiger partial charge is 0.353 e. The zero-order chi connectivity index (χ0) is 14.7. The van der Waals surface area contributed by atoms with E-state index >= 15 is 0 Å². The van der Waals surface area contributed by atoms with Gasteiger partial charge in [-0.2, -0.15) is 0 Å². The summed E-state index contributed by atoms with van der Waals surface area (Å²) >= 11 is 0. The number of carbonyl (C=O) groups is 2. The second-order valence-corrected chi connectivity index (χ2v) is 6.00. The van der Waals surface area contributed by atoms with Crippen molar-refractivity contribution in [2.45, 2.75) is 51.0 Å². The molecular weight excluding hydrogens is 264 g/mol. The van der Waals surface area contributed by atoms with Crippen molar-refractivity contribution in [3.05, 3.63) is 29.8 Å². The molecule has 112 valence electrons. The normalized spacial score (nSPS) is 18.4. The van der Waals surface area contributed by atoms with E-state index in [1.54, 1.807) is 4.90 Å². The minimum Gasteiger partial charge on any atom is -0.353 e. The van der Waals surface area contributed by atoms with Crippen molar-refractivity contribution in [1.82, 2.24) is 5.32 Å². The predicted octanol–water partition coefficient (Wildman–Crippen LogP) is 2.41. The maximum Gasteiger partial charge on any atom is 0.236 e. The smallest absolute Gasteiger partial charge is 0.236 e. The molecule has 1 aromatic rings. The fraction of sp³-hybridized carbons (Fsp3) is 0.529. The van der Waals surface area contributed by atoms with Crippen LogP contribution in [0.3, 0.4) is 0 Å². The SMILES string of the molecule is O=C(CC(=O)N1CCc2ccccc21)NC1CCCCC1. The Hall–Kier alpha value is -1.84. The lowest BCUT2D eigenvalue weighted by Gasteiger charge is -2.23. The molecule has 21 heavy (non-hydrogen) atoms. The molecule has 0 unspecified atom stereocenters. The Labute approximate surface area is 125 Å². The second kappa shape index (κ2) is 6.29. The van der Waals surface area contributed by atoms with Gasteiger partial charge in [0.25, 0.3) is 0 Å². The maximum atomic E-state index is 12.3. The molecule has 2 aliphatic rings. The zero-order valence-corrected chi connectivity index (χ0v) is 12.3. The maximum absolute atomic E-state index is 12.3. The van der Waals surface area contributed by atoms with Crippen molar-refractivity contribution in [1.29, 1.82) is 0 Å². The van der Waals surface area contributed by atoms with E-state index in [1.807, 2.05) is 24.3 Å². The summed E-state index contributed by atoms with van der Waals surface area (Å²) < 4.78 is 0. The van der Waals surface area contributed by atoms with Gasteiger partial charge < -0.3 is 10.2 Å². The third kappa shape index (κ3) is 3.26. The van der Waals surface area contributed by atoms with E-state index in [1.165, 1.54) is 24.8 Å². The molecule has 4 nitrogen and oxygen atoms in total. The summed E-state index contributed by atoms with van der Waals surface area (Å²) in [4.78, 5) is 26.1. The Balaban J connectivity index is 1.55. The molecule has 0 bridgehead atoms. The number of nitrogens with one attached hydrogen (secondary N) is 1. The number of anilines is 1. The monoisotopic (exact) mass is 286 g/mol. The molecule has 3 rings (SSSR count). The summed E-state index contributed by atoms with van der Waals surface area (Å²) in [5.41, 5.74) is 2.16. The van der Waals surface area contributed by atoms with Crippen LogP contribution in [0.5, 0.6) is 0 Å². The molecule has 1 aliphatic heterocycles. The molecular formula is C17H22N2O2. The van der Waals surface area contributed by atoms with Gasteiger partial charge in [-0.3, -0.25) is 9.59 Å². The van der Waals surface area contributed by atoms with Gasteiger partial charge in [0.1, 0.15) is 6.42 Å². The minimum absolute atomic E-state index is 0.0369. The lowest BCUT2D eigenvalue weighted by Crippen LogP contribution is -2.40. The van der Waals surface area contributed by atoms with Crippen LogP contribution in [0.15, 0.2) is 24.3 Å². The number of rotatable bonds is 3. The molecule has 1 aromatic carbocycles. The van der Waals surface area contributed by atoms with Gasteiger partial charge in [0.15, 0.2) is 0 Å². The van der Waals surface area contributed by atoms with E-state index in [4.69, 9.17) is 0 Å².